The summed E-state index contributed by atoms with van der Waals surface area (Å²) in [6, 6.07) is 0. The number of rotatable bonds is 6. The van der Waals surface area contributed by atoms with Gasteiger partial charge in [0.05, 0.1) is 0 Å². The van der Waals surface area contributed by atoms with Crippen molar-refractivity contribution in [3.05, 3.63) is 0 Å². The fourth-order valence-electron chi connectivity index (χ4n) is 1.15. The molecule has 0 fully saturated rings. The van der Waals surface area contributed by atoms with Crippen molar-refractivity contribution in [2.24, 2.45) is 5.92 Å². The Hall–Kier alpha value is -0.380. The van der Waals surface area contributed by atoms with Crippen LogP contribution in [0, 0.1) is 5.92 Å². The summed E-state index contributed by atoms with van der Waals surface area (Å²) in [6.07, 6.45) is 0.791. The fourth-order valence-corrected chi connectivity index (χ4v) is 2.13. The summed E-state index contributed by atoms with van der Waals surface area (Å²) in [5.74, 6) is 3.03. The number of thioether (sulfide) groups is 1. The second-order valence-electron chi connectivity index (χ2n) is 5.72. The maximum absolute atomic E-state index is 11.6. The van der Waals surface area contributed by atoms with Crippen LogP contribution in [0.2, 0.25) is 0 Å². The smallest absolute Gasteiger partial charge is 0.410 e. The van der Waals surface area contributed by atoms with E-state index >= 15 is 0 Å². The SMILES string of the molecule is CC(C)CSCCCN(C)C(=O)OC(C)(C)C. The van der Waals surface area contributed by atoms with Gasteiger partial charge in [-0.1, -0.05) is 13.8 Å². The Kier molecular flexibility index (Phi) is 7.68. The summed E-state index contributed by atoms with van der Waals surface area (Å²) in [4.78, 5) is 13.3. The van der Waals surface area contributed by atoms with Gasteiger partial charge in [-0.2, -0.15) is 11.8 Å². The van der Waals surface area contributed by atoms with Crippen LogP contribution in [0.25, 0.3) is 0 Å². The Bertz CT molecular complexity index is 224. The molecule has 0 atom stereocenters. The van der Waals surface area contributed by atoms with E-state index < -0.39 is 5.60 Å². The highest BCUT2D eigenvalue weighted by Crippen LogP contribution is 2.11. The number of carbonyl (C=O) groups is 1. The zero-order chi connectivity index (χ0) is 13.5. The number of carbonyl (C=O) groups excluding carboxylic acids is 1. The molecule has 0 radical (unpaired) electrons. The minimum absolute atomic E-state index is 0.230. The first-order valence-corrected chi connectivity index (χ1v) is 7.39. The third-order valence-corrected chi connectivity index (χ3v) is 3.42. The van der Waals surface area contributed by atoms with E-state index in [1.165, 1.54) is 5.75 Å². The highest BCUT2D eigenvalue weighted by atomic mass is 32.2. The second-order valence-corrected chi connectivity index (χ2v) is 6.87. The predicted molar refractivity (Wildman–Crippen MR) is 75.6 cm³/mol. The lowest BCUT2D eigenvalue weighted by Gasteiger charge is -2.24. The van der Waals surface area contributed by atoms with E-state index in [2.05, 4.69) is 13.8 Å². The highest BCUT2D eigenvalue weighted by Gasteiger charge is 2.18. The van der Waals surface area contributed by atoms with E-state index in [9.17, 15) is 4.79 Å². The molecular formula is C13H27NO2S. The van der Waals surface area contributed by atoms with Crippen LogP contribution in [0.4, 0.5) is 4.79 Å². The summed E-state index contributed by atoms with van der Waals surface area (Å²) >= 11 is 1.95. The monoisotopic (exact) mass is 261 g/mol. The van der Waals surface area contributed by atoms with Crippen LogP contribution >= 0.6 is 11.8 Å². The average molecular weight is 261 g/mol. The van der Waals surface area contributed by atoms with Gasteiger partial charge in [-0.15, -0.1) is 0 Å². The van der Waals surface area contributed by atoms with E-state index in [-0.39, 0.29) is 6.09 Å². The van der Waals surface area contributed by atoms with Crippen LogP contribution in [-0.4, -0.2) is 41.7 Å². The van der Waals surface area contributed by atoms with Gasteiger partial charge in [0.25, 0.3) is 0 Å². The van der Waals surface area contributed by atoms with Crippen molar-refractivity contribution in [1.82, 2.24) is 4.90 Å². The molecule has 0 unspecified atom stereocenters. The van der Waals surface area contributed by atoms with E-state index in [1.807, 2.05) is 32.5 Å². The molecule has 0 aromatic carbocycles. The number of ether oxygens (including phenoxy) is 1. The first kappa shape index (κ1) is 16.6. The van der Waals surface area contributed by atoms with E-state index in [1.54, 1.807) is 11.9 Å². The zero-order valence-corrected chi connectivity index (χ0v) is 12.9. The predicted octanol–water partition coefficient (Wildman–Crippen LogP) is 3.63. The molecule has 0 rings (SSSR count). The lowest BCUT2D eigenvalue weighted by Crippen LogP contribution is -2.34. The molecule has 0 aliphatic heterocycles. The van der Waals surface area contributed by atoms with Crippen molar-refractivity contribution in [1.29, 1.82) is 0 Å². The number of amides is 1. The molecule has 0 N–H and O–H groups in total. The molecule has 0 spiro atoms. The fraction of sp³-hybridized carbons (Fsp3) is 0.923. The summed E-state index contributed by atoms with van der Waals surface area (Å²) in [6.45, 7) is 10.9. The van der Waals surface area contributed by atoms with E-state index in [0.717, 1.165) is 24.6 Å². The van der Waals surface area contributed by atoms with Crippen LogP contribution in [0.15, 0.2) is 0 Å². The van der Waals surface area contributed by atoms with E-state index in [0.29, 0.717) is 0 Å². The van der Waals surface area contributed by atoms with Gasteiger partial charge in [0.2, 0.25) is 0 Å². The molecule has 1 amide bonds. The van der Waals surface area contributed by atoms with Crippen molar-refractivity contribution >= 4 is 17.9 Å². The molecule has 17 heavy (non-hydrogen) atoms. The maximum atomic E-state index is 11.6. The van der Waals surface area contributed by atoms with Crippen LogP contribution in [-0.2, 0) is 4.74 Å². The summed E-state index contributed by atoms with van der Waals surface area (Å²) in [5.41, 5.74) is -0.405. The first-order chi connectivity index (χ1) is 7.72. The quantitative estimate of drug-likeness (QED) is 0.684. The van der Waals surface area contributed by atoms with Gasteiger partial charge >= 0.3 is 6.09 Å². The van der Waals surface area contributed by atoms with Gasteiger partial charge in [-0.05, 0) is 44.6 Å². The van der Waals surface area contributed by atoms with Gasteiger partial charge in [0.15, 0.2) is 0 Å². The average Bonchev–Trinajstić information content (AvgIpc) is 2.13. The zero-order valence-electron chi connectivity index (χ0n) is 12.1. The Morgan fingerprint density at radius 3 is 2.41 bits per heavy atom. The molecule has 3 nitrogen and oxygen atoms in total. The molecule has 0 aliphatic carbocycles. The molecule has 0 aromatic rings. The minimum atomic E-state index is -0.405. The molecule has 4 heteroatoms. The standard InChI is InChI=1S/C13H27NO2S/c1-11(2)10-17-9-7-8-14(6)12(15)16-13(3,4)5/h11H,7-10H2,1-6H3. The van der Waals surface area contributed by atoms with Crippen LogP contribution in [0.1, 0.15) is 41.0 Å². The largest absolute Gasteiger partial charge is 0.444 e. The molecule has 0 bridgehead atoms. The third kappa shape index (κ3) is 10.5. The van der Waals surface area contributed by atoms with Crippen molar-refractivity contribution in [3.8, 4) is 0 Å². The summed E-state index contributed by atoms with van der Waals surface area (Å²) in [7, 11) is 1.79. The first-order valence-electron chi connectivity index (χ1n) is 6.24. The Labute approximate surface area is 110 Å². The molecule has 0 aromatic heterocycles. The van der Waals surface area contributed by atoms with Crippen molar-refractivity contribution in [2.75, 3.05) is 25.1 Å². The van der Waals surface area contributed by atoms with Crippen molar-refractivity contribution in [2.45, 2.75) is 46.6 Å². The molecule has 0 aliphatic rings. The Balaban J connectivity index is 3.65. The minimum Gasteiger partial charge on any atom is -0.444 e. The molecule has 102 valence electrons. The van der Waals surface area contributed by atoms with Crippen molar-refractivity contribution < 1.29 is 9.53 Å². The van der Waals surface area contributed by atoms with Gasteiger partial charge in [0.1, 0.15) is 5.60 Å². The second kappa shape index (κ2) is 7.85. The van der Waals surface area contributed by atoms with Crippen LogP contribution in [0.5, 0.6) is 0 Å². The summed E-state index contributed by atoms with van der Waals surface area (Å²) in [5, 5.41) is 0. The van der Waals surface area contributed by atoms with Gasteiger partial charge in [0, 0.05) is 13.6 Å². The van der Waals surface area contributed by atoms with Crippen molar-refractivity contribution in [3.63, 3.8) is 0 Å². The van der Waals surface area contributed by atoms with E-state index in [4.69, 9.17) is 4.74 Å². The normalized spacial score (nSPS) is 11.7. The molecule has 0 saturated carbocycles. The third-order valence-electron chi connectivity index (χ3n) is 1.94. The Morgan fingerprint density at radius 1 is 1.35 bits per heavy atom. The molecule has 0 heterocycles. The van der Waals surface area contributed by atoms with Gasteiger partial charge in [-0.3, -0.25) is 0 Å². The lowest BCUT2D eigenvalue weighted by molar-refractivity contribution is 0.0299. The van der Waals surface area contributed by atoms with Gasteiger partial charge < -0.3 is 9.64 Å². The highest BCUT2D eigenvalue weighted by molar-refractivity contribution is 7.99. The van der Waals surface area contributed by atoms with Crippen LogP contribution < -0.4 is 0 Å². The number of nitrogens with zero attached hydrogens (tertiary/aromatic N) is 1. The summed E-state index contributed by atoms with van der Waals surface area (Å²) < 4.78 is 5.27. The van der Waals surface area contributed by atoms with Crippen LogP contribution in [0.3, 0.4) is 0 Å². The molecular weight excluding hydrogens is 234 g/mol. The molecule has 0 saturated heterocycles. The number of hydrogen-bond acceptors (Lipinski definition) is 3. The number of hydrogen-bond donors (Lipinski definition) is 0. The van der Waals surface area contributed by atoms with Gasteiger partial charge in [-0.25, -0.2) is 4.79 Å². The Morgan fingerprint density at radius 2 is 1.94 bits per heavy atom. The topological polar surface area (TPSA) is 29.5 Å². The maximum Gasteiger partial charge on any atom is 0.410 e. The lowest BCUT2D eigenvalue weighted by atomic mass is 10.2.